The number of thiophene rings is 1. The van der Waals surface area contributed by atoms with Crippen molar-refractivity contribution in [2.45, 2.75) is 25.9 Å². The van der Waals surface area contributed by atoms with Crippen molar-refractivity contribution in [1.29, 1.82) is 0 Å². The zero-order chi connectivity index (χ0) is 11.4. The predicted octanol–water partition coefficient (Wildman–Crippen LogP) is 0.992. The largest absolute Gasteiger partial charge is 0.307 e. The fraction of sp³-hybridized carbons (Fsp3) is 0.500. The van der Waals surface area contributed by atoms with Crippen LogP contribution in [0.15, 0.2) is 16.8 Å². The van der Waals surface area contributed by atoms with E-state index in [1.807, 2.05) is 0 Å². The van der Waals surface area contributed by atoms with Gasteiger partial charge in [0.25, 0.3) is 0 Å². The molecule has 86 valence electrons. The number of aromatic nitrogens is 4. The van der Waals surface area contributed by atoms with Crippen LogP contribution in [0.2, 0.25) is 0 Å². The first-order valence-electron chi connectivity index (χ1n) is 5.21. The number of nitrogens with zero attached hydrogens (tertiary/aromatic N) is 4. The van der Waals surface area contributed by atoms with Gasteiger partial charge in [0, 0.05) is 6.04 Å². The minimum Gasteiger partial charge on any atom is -0.307 e. The third kappa shape index (κ3) is 3.11. The van der Waals surface area contributed by atoms with Crippen LogP contribution < -0.4 is 5.32 Å². The van der Waals surface area contributed by atoms with Crippen molar-refractivity contribution in [2.75, 3.05) is 0 Å². The monoisotopic (exact) mass is 237 g/mol. The molecule has 0 aliphatic heterocycles. The second kappa shape index (κ2) is 5.18. The molecule has 0 fully saturated rings. The van der Waals surface area contributed by atoms with Crippen LogP contribution in [0, 0.1) is 0 Å². The Hall–Kier alpha value is -1.27. The Labute approximate surface area is 98.5 Å². The minimum absolute atomic E-state index is 0.415. The summed E-state index contributed by atoms with van der Waals surface area (Å²) in [5, 5.41) is 19.5. The van der Waals surface area contributed by atoms with Gasteiger partial charge in [0.15, 0.2) is 5.82 Å². The second-order valence-corrected chi connectivity index (χ2v) is 4.59. The molecule has 6 heteroatoms. The number of rotatable bonds is 5. The van der Waals surface area contributed by atoms with Gasteiger partial charge in [0.05, 0.1) is 13.6 Å². The third-order valence-electron chi connectivity index (χ3n) is 2.28. The lowest BCUT2D eigenvalue weighted by Gasteiger charge is -2.10. The molecule has 2 aromatic heterocycles. The average Bonchev–Trinajstić information content (AvgIpc) is 2.87. The zero-order valence-corrected chi connectivity index (χ0v) is 10.2. The van der Waals surface area contributed by atoms with Crippen LogP contribution in [0.3, 0.4) is 0 Å². The molecule has 0 saturated heterocycles. The first-order chi connectivity index (χ1) is 7.74. The second-order valence-electron chi connectivity index (χ2n) is 3.81. The van der Waals surface area contributed by atoms with E-state index in [2.05, 4.69) is 44.5 Å². The first-order valence-corrected chi connectivity index (χ1v) is 6.15. The summed E-state index contributed by atoms with van der Waals surface area (Å²) in [5.74, 6) is 0.736. The van der Waals surface area contributed by atoms with E-state index in [1.165, 1.54) is 10.4 Å². The van der Waals surface area contributed by atoms with Crippen molar-refractivity contribution in [1.82, 2.24) is 25.5 Å². The summed E-state index contributed by atoms with van der Waals surface area (Å²) in [4.78, 5) is 1.47. The Kier molecular flexibility index (Phi) is 3.63. The standard InChI is InChI=1S/C10H15N5S/c1-8(5-9-3-4-16-7-9)11-6-10-12-14-15(2)13-10/h3-4,7-8,11H,5-6H2,1-2H3. The van der Waals surface area contributed by atoms with Crippen LogP contribution in [0.5, 0.6) is 0 Å². The summed E-state index contributed by atoms with van der Waals surface area (Å²) < 4.78 is 0. The molecule has 5 nitrogen and oxygen atoms in total. The number of nitrogens with one attached hydrogen (secondary N) is 1. The van der Waals surface area contributed by atoms with E-state index in [9.17, 15) is 0 Å². The minimum atomic E-state index is 0.415. The van der Waals surface area contributed by atoms with E-state index in [1.54, 1.807) is 18.4 Å². The van der Waals surface area contributed by atoms with E-state index in [4.69, 9.17) is 0 Å². The maximum atomic E-state index is 4.11. The van der Waals surface area contributed by atoms with Crippen molar-refractivity contribution >= 4 is 11.3 Å². The quantitative estimate of drug-likeness (QED) is 0.842. The van der Waals surface area contributed by atoms with Crippen LogP contribution >= 0.6 is 11.3 Å². The molecule has 0 aliphatic rings. The Bertz CT molecular complexity index is 422. The van der Waals surface area contributed by atoms with Gasteiger partial charge >= 0.3 is 0 Å². The summed E-state index contributed by atoms with van der Waals surface area (Å²) >= 11 is 1.73. The molecule has 2 heterocycles. The molecule has 1 atom stereocenters. The number of hydrogen-bond donors (Lipinski definition) is 1. The fourth-order valence-corrected chi connectivity index (χ4v) is 2.18. The van der Waals surface area contributed by atoms with Gasteiger partial charge in [-0.1, -0.05) is 0 Å². The van der Waals surface area contributed by atoms with Crippen LogP contribution in [0.25, 0.3) is 0 Å². The van der Waals surface area contributed by atoms with Gasteiger partial charge in [-0.05, 0) is 40.9 Å². The lowest BCUT2D eigenvalue weighted by molar-refractivity contribution is 0.531. The normalized spacial score (nSPS) is 12.9. The Morgan fingerprint density at radius 3 is 3.06 bits per heavy atom. The lowest BCUT2D eigenvalue weighted by Crippen LogP contribution is -2.27. The SMILES string of the molecule is CC(Cc1ccsc1)NCc1nnn(C)n1. The van der Waals surface area contributed by atoms with Crippen molar-refractivity contribution in [3.63, 3.8) is 0 Å². The highest BCUT2D eigenvalue weighted by atomic mass is 32.1. The summed E-state index contributed by atoms with van der Waals surface area (Å²) in [6.07, 6.45) is 1.03. The summed E-state index contributed by atoms with van der Waals surface area (Å²) in [6.45, 7) is 2.83. The molecule has 1 N–H and O–H groups in total. The lowest BCUT2D eigenvalue weighted by atomic mass is 10.1. The molecule has 1 unspecified atom stereocenters. The van der Waals surface area contributed by atoms with Gasteiger partial charge in [0.2, 0.25) is 0 Å². The maximum Gasteiger partial charge on any atom is 0.188 e. The van der Waals surface area contributed by atoms with Crippen LogP contribution in [-0.4, -0.2) is 26.2 Å². The average molecular weight is 237 g/mol. The molecule has 0 spiro atoms. The predicted molar refractivity (Wildman–Crippen MR) is 63.1 cm³/mol. The summed E-state index contributed by atoms with van der Waals surface area (Å²) in [7, 11) is 1.77. The van der Waals surface area contributed by atoms with E-state index < -0.39 is 0 Å². The van der Waals surface area contributed by atoms with Gasteiger partial charge in [0.1, 0.15) is 0 Å². The van der Waals surface area contributed by atoms with Crippen molar-refractivity contribution in [3.05, 3.63) is 28.2 Å². The molecular weight excluding hydrogens is 222 g/mol. The molecule has 0 amide bonds. The summed E-state index contributed by atoms with van der Waals surface area (Å²) in [5.41, 5.74) is 1.37. The Morgan fingerprint density at radius 1 is 1.56 bits per heavy atom. The highest BCUT2D eigenvalue weighted by molar-refractivity contribution is 7.07. The van der Waals surface area contributed by atoms with Gasteiger partial charge < -0.3 is 5.32 Å². The first kappa shape index (κ1) is 11.2. The van der Waals surface area contributed by atoms with Crippen molar-refractivity contribution < 1.29 is 0 Å². The van der Waals surface area contributed by atoms with E-state index in [0.29, 0.717) is 12.6 Å². The molecule has 2 rings (SSSR count). The smallest absolute Gasteiger partial charge is 0.188 e. The zero-order valence-electron chi connectivity index (χ0n) is 9.42. The fourth-order valence-electron chi connectivity index (χ4n) is 1.49. The van der Waals surface area contributed by atoms with E-state index in [0.717, 1.165) is 12.2 Å². The molecule has 0 aliphatic carbocycles. The van der Waals surface area contributed by atoms with Crippen LogP contribution in [0.1, 0.15) is 18.3 Å². The molecule has 16 heavy (non-hydrogen) atoms. The van der Waals surface area contributed by atoms with Crippen LogP contribution in [0.4, 0.5) is 0 Å². The number of hydrogen-bond acceptors (Lipinski definition) is 5. The highest BCUT2D eigenvalue weighted by Gasteiger charge is 2.05. The van der Waals surface area contributed by atoms with Gasteiger partial charge in [-0.15, -0.1) is 10.2 Å². The maximum absolute atomic E-state index is 4.11. The Morgan fingerprint density at radius 2 is 2.44 bits per heavy atom. The third-order valence-corrected chi connectivity index (χ3v) is 3.01. The number of aryl methyl sites for hydroxylation is 1. The molecular formula is C10H15N5S. The molecule has 0 aromatic carbocycles. The molecule has 2 aromatic rings. The van der Waals surface area contributed by atoms with E-state index in [-0.39, 0.29) is 0 Å². The van der Waals surface area contributed by atoms with Gasteiger partial charge in [-0.3, -0.25) is 0 Å². The summed E-state index contributed by atoms with van der Waals surface area (Å²) in [6, 6.07) is 2.57. The van der Waals surface area contributed by atoms with Crippen molar-refractivity contribution in [2.24, 2.45) is 7.05 Å². The van der Waals surface area contributed by atoms with Crippen LogP contribution in [-0.2, 0) is 20.0 Å². The Balaban J connectivity index is 1.77. The van der Waals surface area contributed by atoms with E-state index >= 15 is 0 Å². The van der Waals surface area contributed by atoms with Gasteiger partial charge in [-0.25, -0.2) is 0 Å². The van der Waals surface area contributed by atoms with Crippen molar-refractivity contribution in [3.8, 4) is 0 Å². The molecule has 0 radical (unpaired) electrons. The topological polar surface area (TPSA) is 55.6 Å². The molecule has 0 saturated carbocycles. The van der Waals surface area contributed by atoms with Gasteiger partial charge in [-0.2, -0.15) is 16.1 Å². The number of tetrazole rings is 1. The molecule has 0 bridgehead atoms. The highest BCUT2D eigenvalue weighted by Crippen LogP contribution is 2.08.